The minimum Gasteiger partial charge on any atom is -0.467 e. The molecule has 0 aromatic carbocycles. The van der Waals surface area contributed by atoms with Crippen molar-refractivity contribution in [3.05, 3.63) is 42.5 Å². The topological polar surface area (TPSA) is 79.6 Å². The Labute approximate surface area is 141 Å². The number of amides is 2. The second kappa shape index (κ2) is 7.35. The number of carbonyl (C=O) groups is 1. The second-order valence-electron chi connectivity index (χ2n) is 5.95. The molecule has 2 atom stereocenters. The van der Waals surface area contributed by atoms with Gasteiger partial charge in [-0.25, -0.2) is 9.78 Å². The number of carbonyl (C=O) groups excluding carboxylic acids is 1. The molecule has 1 aliphatic heterocycles. The predicted octanol–water partition coefficient (Wildman–Crippen LogP) is 2.61. The molecule has 2 amide bonds. The molecule has 0 saturated carbocycles. The zero-order valence-corrected chi connectivity index (χ0v) is 13.9. The van der Waals surface area contributed by atoms with Crippen molar-refractivity contribution in [2.45, 2.75) is 32.6 Å². The highest BCUT2D eigenvalue weighted by molar-refractivity contribution is 5.89. The number of morpholine rings is 1. The summed E-state index contributed by atoms with van der Waals surface area (Å²) < 4.78 is 10.9. The molecule has 0 bridgehead atoms. The van der Waals surface area contributed by atoms with Gasteiger partial charge in [0.1, 0.15) is 11.6 Å². The molecule has 24 heavy (non-hydrogen) atoms. The third-order valence-electron chi connectivity index (χ3n) is 3.75. The van der Waals surface area contributed by atoms with Crippen LogP contribution in [0.4, 0.5) is 16.3 Å². The van der Waals surface area contributed by atoms with Crippen molar-refractivity contribution in [3.8, 4) is 0 Å². The summed E-state index contributed by atoms with van der Waals surface area (Å²) in [6, 6.07) is 7.05. The number of nitrogens with one attached hydrogen (secondary N) is 2. The Morgan fingerprint density at radius 1 is 1.29 bits per heavy atom. The maximum absolute atomic E-state index is 11.9. The van der Waals surface area contributed by atoms with Gasteiger partial charge < -0.3 is 24.7 Å². The minimum atomic E-state index is -0.297. The summed E-state index contributed by atoms with van der Waals surface area (Å²) >= 11 is 0. The third-order valence-corrected chi connectivity index (χ3v) is 3.75. The van der Waals surface area contributed by atoms with Crippen LogP contribution < -0.4 is 15.5 Å². The fourth-order valence-corrected chi connectivity index (χ4v) is 2.77. The van der Waals surface area contributed by atoms with Crippen molar-refractivity contribution in [2.24, 2.45) is 0 Å². The molecule has 3 heterocycles. The van der Waals surface area contributed by atoms with Crippen LogP contribution in [-0.2, 0) is 11.3 Å². The molecule has 7 heteroatoms. The Bertz CT molecular complexity index is 647. The van der Waals surface area contributed by atoms with Gasteiger partial charge in [0.2, 0.25) is 0 Å². The molecule has 1 aliphatic rings. The molecular weight excluding hydrogens is 308 g/mol. The first kappa shape index (κ1) is 16.3. The summed E-state index contributed by atoms with van der Waals surface area (Å²) in [5.74, 6) is 1.59. The van der Waals surface area contributed by atoms with Gasteiger partial charge in [-0.2, -0.15) is 0 Å². The third kappa shape index (κ3) is 4.26. The number of ether oxygens (including phenoxy) is 1. The molecule has 7 nitrogen and oxygen atoms in total. The molecule has 1 fully saturated rings. The molecule has 2 aromatic heterocycles. The maximum atomic E-state index is 11.9. The molecule has 0 aliphatic carbocycles. The summed E-state index contributed by atoms with van der Waals surface area (Å²) in [5.41, 5.74) is 0.644. The van der Waals surface area contributed by atoms with E-state index in [2.05, 4.69) is 34.4 Å². The van der Waals surface area contributed by atoms with Crippen molar-refractivity contribution in [1.29, 1.82) is 0 Å². The molecular formula is C17H22N4O3. The standard InChI is InChI=1S/C17H22N4O3/c1-12-10-21(11-13(2)24-12)16-6-5-14(8-18-16)20-17(22)19-9-15-4-3-7-23-15/h3-8,12-13H,9-11H2,1-2H3,(H2,19,20,22)/t12-,13-/m0/s1. The second-order valence-corrected chi connectivity index (χ2v) is 5.95. The quantitative estimate of drug-likeness (QED) is 0.901. The number of urea groups is 1. The predicted molar refractivity (Wildman–Crippen MR) is 91.0 cm³/mol. The summed E-state index contributed by atoms with van der Waals surface area (Å²) in [7, 11) is 0. The van der Waals surface area contributed by atoms with Crippen LogP contribution in [-0.4, -0.2) is 36.3 Å². The van der Waals surface area contributed by atoms with Crippen molar-refractivity contribution in [1.82, 2.24) is 10.3 Å². The first-order valence-corrected chi connectivity index (χ1v) is 8.04. The fraction of sp³-hybridized carbons (Fsp3) is 0.412. The lowest BCUT2D eigenvalue weighted by molar-refractivity contribution is -0.00545. The number of hydrogen-bond acceptors (Lipinski definition) is 5. The highest BCUT2D eigenvalue weighted by atomic mass is 16.5. The monoisotopic (exact) mass is 330 g/mol. The van der Waals surface area contributed by atoms with E-state index in [1.165, 1.54) is 0 Å². The average molecular weight is 330 g/mol. The van der Waals surface area contributed by atoms with E-state index < -0.39 is 0 Å². The molecule has 0 radical (unpaired) electrons. The zero-order valence-electron chi connectivity index (χ0n) is 13.9. The largest absolute Gasteiger partial charge is 0.467 e. The summed E-state index contributed by atoms with van der Waals surface area (Å²) in [4.78, 5) is 18.5. The van der Waals surface area contributed by atoms with Gasteiger partial charge in [-0.3, -0.25) is 0 Å². The Balaban J connectivity index is 1.53. The molecule has 128 valence electrons. The Morgan fingerprint density at radius 2 is 2.08 bits per heavy atom. The molecule has 1 saturated heterocycles. The Hall–Kier alpha value is -2.54. The summed E-state index contributed by atoms with van der Waals surface area (Å²) in [5, 5.41) is 5.48. The van der Waals surface area contributed by atoms with E-state index in [1.807, 2.05) is 12.1 Å². The molecule has 0 unspecified atom stereocenters. The summed E-state index contributed by atoms with van der Waals surface area (Å²) in [6.45, 7) is 6.08. The van der Waals surface area contributed by atoms with Crippen LogP contribution in [0.5, 0.6) is 0 Å². The van der Waals surface area contributed by atoms with Gasteiger partial charge >= 0.3 is 6.03 Å². The van der Waals surface area contributed by atoms with E-state index in [0.29, 0.717) is 18.0 Å². The van der Waals surface area contributed by atoms with Crippen molar-refractivity contribution >= 4 is 17.5 Å². The first-order valence-electron chi connectivity index (χ1n) is 8.04. The van der Waals surface area contributed by atoms with Crippen LogP contribution in [0.25, 0.3) is 0 Å². The number of anilines is 2. The van der Waals surface area contributed by atoms with Crippen LogP contribution in [0, 0.1) is 0 Å². The number of furan rings is 1. The van der Waals surface area contributed by atoms with Gasteiger partial charge in [-0.15, -0.1) is 0 Å². The number of nitrogens with zero attached hydrogens (tertiary/aromatic N) is 2. The average Bonchev–Trinajstić information content (AvgIpc) is 3.06. The number of rotatable bonds is 4. The van der Waals surface area contributed by atoms with E-state index in [9.17, 15) is 4.79 Å². The van der Waals surface area contributed by atoms with E-state index in [1.54, 1.807) is 24.6 Å². The highest BCUT2D eigenvalue weighted by Gasteiger charge is 2.23. The van der Waals surface area contributed by atoms with Crippen LogP contribution in [0.1, 0.15) is 19.6 Å². The van der Waals surface area contributed by atoms with E-state index >= 15 is 0 Å². The van der Waals surface area contributed by atoms with Crippen LogP contribution in [0.15, 0.2) is 41.1 Å². The van der Waals surface area contributed by atoms with Crippen molar-refractivity contribution < 1.29 is 13.9 Å². The van der Waals surface area contributed by atoms with Crippen molar-refractivity contribution in [3.63, 3.8) is 0 Å². The van der Waals surface area contributed by atoms with Gasteiger partial charge in [-0.05, 0) is 38.1 Å². The van der Waals surface area contributed by atoms with Gasteiger partial charge in [0.25, 0.3) is 0 Å². The number of pyridine rings is 1. The Morgan fingerprint density at radius 3 is 2.71 bits per heavy atom. The molecule has 2 aromatic rings. The van der Waals surface area contributed by atoms with Gasteiger partial charge in [0.05, 0.1) is 36.9 Å². The maximum Gasteiger partial charge on any atom is 0.319 e. The van der Waals surface area contributed by atoms with Crippen LogP contribution in [0.3, 0.4) is 0 Å². The van der Waals surface area contributed by atoms with Crippen molar-refractivity contribution in [2.75, 3.05) is 23.3 Å². The van der Waals surface area contributed by atoms with Gasteiger partial charge in [0, 0.05) is 13.1 Å². The fourth-order valence-electron chi connectivity index (χ4n) is 2.77. The summed E-state index contributed by atoms with van der Waals surface area (Å²) in [6.07, 6.45) is 3.60. The minimum absolute atomic E-state index is 0.181. The van der Waals surface area contributed by atoms with Crippen LogP contribution >= 0.6 is 0 Å². The molecule has 3 rings (SSSR count). The highest BCUT2D eigenvalue weighted by Crippen LogP contribution is 2.19. The normalized spacial score (nSPS) is 20.7. The first-order chi connectivity index (χ1) is 11.6. The SMILES string of the molecule is C[C@H]1CN(c2ccc(NC(=O)NCc3ccco3)cn2)C[C@H](C)O1. The van der Waals surface area contributed by atoms with Gasteiger partial charge in [0.15, 0.2) is 0 Å². The lowest BCUT2D eigenvalue weighted by Crippen LogP contribution is -2.45. The zero-order chi connectivity index (χ0) is 16.9. The van der Waals surface area contributed by atoms with Gasteiger partial charge in [-0.1, -0.05) is 0 Å². The molecule has 2 N–H and O–H groups in total. The van der Waals surface area contributed by atoms with E-state index in [4.69, 9.17) is 9.15 Å². The lowest BCUT2D eigenvalue weighted by atomic mass is 10.2. The number of hydrogen-bond donors (Lipinski definition) is 2. The van der Waals surface area contributed by atoms with E-state index in [-0.39, 0.29) is 18.2 Å². The smallest absolute Gasteiger partial charge is 0.319 e. The van der Waals surface area contributed by atoms with Crippen LogP contribution in [0.2, 0.25) is 0 Å². The number of aromatic nitrogens is 1. The molecule has 0 spiro atoms. The van der Waals surface area contributed by atoms with E-state index in [0.717, 1.165) is 18.9 Å². The Kier molecular flexibility index (Phi) is 5.00. The lowest BCUT2D eigenvalue weighted by Gasteiger charge is -2.36.